The summed E-state index contributed by atoms with van der Waals surface area (Å²) in [4.78, 5) is 12.1. The topological polar surface area (TPSA) is 46.5 Å². The van der Waals surface area contributed by atoms with Gasteiger partial charge in [0.25, 0.3) is 0 Å². The normalized spacial score (nSPS) is 58.8. The number of carbonyl (C=O) groups excluding carboxylic acids is 1. The van der Waals surface area contributed by atoms with Gasteiger partial charge in [0.2, 0.25) is 0 Å². The Morgan fingerprint density at radius 3 is 2.75 bits per heavy atom. The summed E-state index contributed by atoms with van der Waals surface area (Å²) < 4.78 is 6.34. The quantitative estimate of drug-likeness (QED) is 0.691. The molecular formula is C25H32O3. The van der Waals surface area contributed by atoms with Gasteiger partial charge in [0.05, 0.1) is 5.60 Å². The summed E-state index contributed by atoms with van der Waals surface area (Å²) in [7, 11) is 0. The first-order chi connectivity index (χ1) is 13.5. The minimum absolute atomic E-state index is 0.175. The SMILES string of the molecule is C[C@]12CCC3C(C1[C@H]1C[C@H]1[C@@]21C=CC(O)O1)[C@H](C1CC1)CC1=CC(=O)CC[C@@H]13. The Balaban J connectivity index is 1.32. The summed E-state index contributed by atoms with van der Waals surface area (Å²) in [6.07, 6.45) is 15.2. The number of allylic oxidation sites excluding steroid dienone is 1. The molecule has 150 valence electrons. The number of hydrogen-bond donors (Lipinski definition) is 1. The monoisotopic (exact) mass is 380 g/mol. The Morgan fingerprint density at radius 1 is 1.14 bits per heavy atom. The van der Waals surface area contributed by atoms with Crippen molar-refractivity contribution in [1.82, 2.24) is 0 Å². The first-order valence-corrected chi connectivity index (χ1v) is 11.8. The summed E-state index contributed by atoms with van der Waals surface area (Å²) in [6, 6.07) is 0. The molecule has 1 spiro atoms. The van der Waals surface area contributed by atoms with Crippen molar-refractivity contribution in [3.63, 3.8) is 0 Å². The minimum Gasteiger partial charge on any atom is -0.365 e. The number of aliphatic hydroxyl groups is 1. The van der Waals surface area contributed by atoms with E-state index in [0.717, 1.165) is 48.3 Å². The fourth-order valence-corrected chi connectivity index (χ4v) is 9.33. The molecule has 0 radical (unpaired) electrons. The first kappa shape index (κ1) is 16.8. The van der Waals surface area contributed by atoms with Crippen LogP contribution in [0.5, 0.6) is 0 Å². The molecular weight excluding hydrogens is 348 g/mol. The van der Waals surface area contributed by atoms with Crippen molar-refractivity contribution < 1.29 is 14.6 Å². The molecule has 3 heteroatoms. The van der Waals surface area contributed by atoms with Gasteiger partial charge in [-0.1, -0.05) is 18.6 Å². The van der Waals surface area contributed by atoms with Crippen molar-refractivity contribution in [3.8, 4) is 0 Å². The van der Waals surface area contributed by atoms with E-state index in [1.54, 1.807) is 0 Å². The average Bonchev–Trinajstić information content (AvgIpc) is 3.59. The molecule has 0 aromatic carbocycles. The summed E-state index contributed by atoms with van der Waals surface area (Å²) in [5, 5.41) is 10.2. The number of aliphatic hydroxyl groups excluding tert-OH is 1. The maximum absolute atomic E-state index is 12.1. The molecule has 3 nitrogen and oxygen atoms in total. The maximum Gasteiger partial charge on any atom is 0.175 e. The number of ketones is 1. The zero-order chi connectivity index (χ0) is 18.8. The van der Waals surface area contributed by atoms with Crippen LogP contribution in [0.2, 0.25) is 0 Å². The van der Waals surface area contributed by atoms with Crippen molar-refractivity contribution in [2.24, 2.45) is 52.8 Å². The average molecular weight is 381 g/mol. The second-order valence-corrected chi connectivity index (χ2v) is 11.4. The minimum atomic E-state index is -0.709. The third-order valence-corrected chi connectivity index (χ3v) is 10.4. The van der Waals surface area contributed by atoms with Crippen LogP contribution in [0.3, 0.4) is 0 Å². The van der Waals surface area contributed by atoms with Crippen molar-refractivity contribution in [2.45, 2.75) is 70.2 Å². The van der Waals surface area contributed by atoms with Gasteiger partial charge in [-0.05, 0) is 104 Å². The zero-order valence-electron chi connectivity index (χ0n) is 16.8. The van der Waals surface area contributed by atoms with Crippen LogP contribution in [-0.4, -0.2) is 22.8 Å². The molecule has 7 aliphatic rings. The van der Waals surface area contributed by atoms with Crippen molar-refractivity contribution >= 4 is 5.78 Å². The van der Waals surface area contributed by atoms with E-state index in [4.69, 9.17) is 4.74 Å². The molecule has 5 fully saturated rings. The number of carbonyl (C=O) groups is 1. The van der Waals surface area contributed by atoms with E-state index >= 15 is 0 Å². The molecule has 28 heavy (non-hydrogen) atoms. The predicted molar refractivity (Wildman–Crippen MR) is 105 cm³/mol. The smallest absolute Gasteiger partial charge is 0.175 e. The van der Waals surface area contributed by atoms with Gasteiger partial charge in [-0.15, -0.1) is 0 Å². The van der Waals surface area contributed by atoms with Crippen LogP contribution in [0, 0.1) is 52.8 Å². The second kappa shape index (κ2) is 5.21. The molecule has 5 saturated carbocycles. The second-order valence-electron chi connectivity index (χ2n) is 11.4. The van der Waals surface area contributed by atoms with E-state index in [2.05, 4.69) is 19.1 Å². The standard InChI is InChI=1S/C25H32O3/c1-24-8-6-17-16-5-4-15(26)10-14(16)11-18(13-2-3-13)22(17)23(24)19-12-20(19)25(24)9-7-21(27)28-25/h7,9-10,13,16-23,27H,2-6,8,11-12H2,1H3/t16-,17?,18-,19-,20+,21?,22?,23?,24-,25-/m0/s1. The van der Waals surface area contributed by atoms with Gasteiger partial charge in [-0.2, -0.15) is 0 Å². The number of rotatable bonds is 1. The lowest BCUT2D eigenvalue weighted by atomic mass is 9.46. The van der Waals surface area contributed by atoms with Gasteiger partial charge < -0.3 is 9.84 Å². The first-order valence-electron chi connectivity index (χ1n) is 11.8. The Kier molecular flexibility index (Phi) is 3.13. The molecule has 0 amide bonds. The largest absolute Gasteiger partial charge is 0.365 e. The predicted octanol–water partition coefficient (Wildman–Crippen LogP) is 4.26. The van der Waals surface area contributed by atoms with Gasteiger partial charge >= 0.3 is 0 Å². The molecule has 1 aliphatic heterocycles. The van der Waals surface area contributed by atoms with Gasteiger partial charge in [0.15, 0.2) is 12.1 Å². The highest BCUT2D eigenvalue weighted by Crippen LogP contribution is 2.79. The summed E-state index contributed by atoms with van der Waals surface area (Å²) in [5.74, 6) is 6.49. The number of hydrogen-bond acceptors (Lipinski definition) is 3. The maximum atomic E-state index is 12.1. The Morgan fingerprint density at radius 2 is 2.00 bits per heavy atom. The van der Waals surface area contributed by atoms with E-state index in [-0.39, 0.29) is 11.0 Å². The Bertz CT molecular complexity index is 809. The van der Waals surface area contributed by atoms with Crippen LogP contribution in [-0.2, 0) is 9.53 Å². The molecule has 10 atom stereocenters. The van der Waals surface area contributed by atoms with Gasteiger partial charge in [0, 0.05) is 11.8 Å². The Labute approximate surface area is 167 Å². The van der Waals surface area contributed by atoms with E-state index in [0.29, 0.717) is 17.6 Å². The summed E-state index contributed by atoms with van der Waals surface area (Å²) in [5.41, 5.74) is 1.49. The van der Waals surface area contributed by atoms with Crippen LogP contribution in [0.15, 0.2) is 23.8 Å². The summed E-state index contributed by atoms with van der Waals surface area (Å²) in [6.45, 7) is 2.50. The molecule has 0 aromatic heterocycles. The molecule has 1 N–H and O–H groups in total. The van der Waals surface area contributed by atoms with E-state index in [1.807, 2.05) is 6.08 Å². The lowest BCUT2D eigenvalue weighted by Gasteiger charge is -2.59. The third-order valence-electron chi connectivity index (χ3n) is 10.4. The highest BCUT2D eigenvalue weighted by Gasteiger charge is 2.77. The van der Waals surface area contributed by atoms with Gasteiger partial charge in [0.1, 0.15) is 0 Å². The lowest BCUT2D eigenvalue weighted by Crippen LogP contribution is -2.57. The lowest BCUT2D eigenvalue weighted by molar-refractivity contribution is -0.199. The van der Waals surface area contributed by atoms with Crippen LogP contribution in [0.1, 0.15) is 58.3 Å². The molecule has 0 aromatic rings. The fraction of sp³-hybridized carbons (Fsp3) is 0.800. The van der Waals surface area contributed by atoms with Crippen LogP contribution in [0.4, 0.5) is 0 Å². The highest BCUT2D eigenvalue weighted by molar-refractivity contribution is 5.91. The van der Waals surface area contributed by atoms with E-state index < -0.39 is 6.29 Å². The van der Waals surface area contributed by atoms with Crippen molar-refractivity contribution in [1.29, 1.82) is 0 Å². The highest BCUT2D eigenvalue weighted by atomic mass is 16.6. The van der Waals surface area contributed by atoms with Gasteiger partial charge in [-0.3, -0.25) is 4.79 Å². The van der Waals surface area contributed by atoms with Crippen LogP contribution in [0.25, 0.3) is 0 Å². The molecule has 4 unspecified atom stereocenters. The molecule has 0 bridgehead atoms. The fourth-order valence-electron chi connectivity index (χ4n) is 9.33. The van der Waals surface area contributed by atoms with E-state index in [1.165, 1.54) is 44.1 Å². The van der Waals surface area contributed by atoms with Crippen LogP contribution >= 0.6 is 0 Å². The van der Waals surface area contributed by atoms with Gasteiger partial charge in [-0.25, -0.2) is 0 Å². The Hall–Kier alpha value is -0.930. The number of fused-ring (bicyclic) bond motifs is 9. The molecule has 6 aliphatic carbocycles. The molecule has 0 saturated heterocycles. The van der Waals surface area contributed by atoms with Crippen LogP contribution < -0.4 is 0 Å². The zero-order valence-corrected chi connectivity index (χ0v) is 16.8. The van der Waals surface area contributed by atoms with E-state index in [9.17, 15) is 9.90 Å². The van der Waals surface area contributed by atoms with Crippen molar-refractivity contribution in [2.75, 3.05) is 0 Å². The third kappa shape index (κ3) is 1.92. The molecule has 1 heterocycles. The number of ether oxygens (including phenoxy) is 1. The van der Waals surface area contributed by atoms with Crippen molar-refractivity contribution in [3.05, 3.63) is 23.8 Å². The molecule has 7 rings (SSSR count). The summed E-state index contributed by atoms with van der Waals surface area (Å²) >= 11 is 0.